The zero-order valence-corrected chi connectivity index (χ0v) is 40.8. The molecule has 2 heterocycles. The van der Waals surface area contributed by atoms with Crippen molar-refractivity contribution in [2.45, 2.75) is 167 Å². The van der Waals surface area contributed by atoms with Crippen LogP contribution in [0.1, 0.15) is 200 Å². The smallest absolute Gasteiger partial charge is 0.280 e. The van der Waals surface area contributed by atoms with E-state index in [1.165, 1.54) is 147 Å². The molecule has 0 saturated heterocycles. The molecule has 8 rings (SSSR count). The number of aromatic hydroxyl groups is 1. The Labute approximate surface area is 388 Å². The highest BCUT2D eigenvalue weighted by molar-refractivity contribution is 9.10. The number of halogens is 2. The van der Waals surface area contributed by atoms with Crippen molar-refractivity contribution < 1.29 is 9.90 Å². The molecule has 6 heteroatoms. The molecule has 5 aromatic rings. The lowest BCUT2D eigenvalue weighted by atomic mass is 9.70. The number of carbonyl (C=O) groups is 1. The fourth-order valence-electron chi connectivity index (χ4n) is 11.5. The number of hydrogen-bond acceptors (Lipinski definition) is 2. The van der Waals surface area contributed by atoms with Gasteiger partial charge in [0.15, 0.2) is 5.88 Å². The van der Waals surface area contributed by atoms with Crippen LogP contribution in [-0.4, -0.2) is 21.7 Å². The van der Waals surface area contributed by atoms with E-state index in [2.05, 4.69) is 137 Å². The first-order valence-corrected chi connectivity index (χ1v) is 25.8. The molecule has 2 aliphatic carbocycles. The van der Waals surface area contributed by atoms with Gasteiger partial charge >= 0.3 is 0 Å². The summed E-state index contributed by atoms with van der Waals surface area (Å²) in [6.07, 6.45) is 23.8. The Kier molecular flexibility index (Phi) is 14.1. The number of benzene rings is 4. The first kappa shape index (κ1) is 44.9. The first-order chi connectivity index (χ1) is 30.2. The third kappa shape index (κ3) is 8.26. The summed E-state index contributed by atoms with van der Waals surface area (Å²) in [5, 5.41) is 11.9. The Morgan fingerprint density at radius 2 is 0.887 bits per heavy atom. The van der Waals surface area contributed by atoms with E-state index in [0.717, 1.165) is 45.8 Å². The highest BCUT2D eigenvalue weighted by Gasteiger charge is 2.45. The van der Waals surface area contributed by atoms with E-state index in [-0.39, 0.29) is 22.6 Å². The van der Waals surface area contributed by atoms with E-state index in [0.29, 0.717) is 22.5 Å². The van der Waals surface area contributed by atoms with Crippen molar-refractivity contribution in [3.63, 3.8) is 0 Å². The number of hydrogen-bond donors (Lipinski definition) is 2. The van der Waals surface area contributed by atoms with Crippen LogP contribution < -0.4 is 0 Å². The van der Waals surface area contributed by atoms with Gasteiger partial charge in [-0.05, 0) is 112 Å². The van der Waals surface area contributed by atoms with Crippen molar-refractivity contribution in [2.75, 3.05) is 0 Å². The number of nitrogens with one attached hydrogen (secondary N) is 1. The van der Waals surface area contributed by atoms with Crippen molar-refractivity contribution in [3.05, 3.63) is 121 Å². The number of aromatic nitrogens is 1. The Bertz CT molecular complexity index is 2430. The van der Waals surface area contributed by atoms with Crippen molar-refractivity contribution in [3.8, 4) is 39.4 Å². The van der Waals surface area contributed by atoms with Crippen molar-refractivity contribution >= 4 is 43.5 Å². The second kappa shape index (κ2) is 19.6. The lowest BCUT2D eigenvalue weighted by Gasteiger charge is -2.33. The Balaban J connectivity index is 1.20. The summed E-state index contributed by atoms with van der Waals surface area (Å²) >= 11 is 7.69. The van der Waals surface area contributed by atoms with Gasteiger partial charge in [0, 0.05) is 25.3 Å². The maximum Gasteiger partial charge on any atom is 0.280 e. The van der Waals surface area contributed by atoms with Gasteiger partial charge < -0.3 is 10.1 Å². The molecule has 2 N–H and O–H groups in total. The molecule has 0 saturated carbocycles. The van der Waals surface area contributed by atoms with Crippen LogP contribution in [0.15, 0.2) is 86.7 Å². The summed E-state index contributed by atoms with van der Waals surface area (Å²) in [5.41, 5.74) is 14.5. The van der Waals surface area contributed by atoms with Crippen LogP contribution in [0.3, 0.4) is 0 Å². The van der Waals surface area contributed by atoms with Gasteiger partial charge in [0.05, 0.1) is 22.5 Å². The van der Waals surface area contributed by atoms with Gasteiger partial charge in [0.2, 0.25) is 0 Å². The zero-order chi connectivity index (χ0) is 43.4. The minimum Gasteiger partial charge on any atom is -0.494 e. The summed E-state index contributed by atoms with van der Waals surface area (Å²) in [5.74, 6) is -0.284. The number of nitrogens with zero attached hydrogens (tertiary/aromatic N) is 1. The molecule has 0 radical (unpaired) electrons. The molecular weight excluding hydrogens is 892 g/mol. The molecule has 4 aromatic carbocycles. The fraction of sp³-hybridized carbons (Fsp3) is 0.464. The quantitative estimate of drug-likeness (QED) is 0.0679. The largest absolute Gasteiger partial charge is 0.494 e. The predicted molar refractivity (Wildman–Crippen MR) is 267 cm³/mol. The zero-order valence-electron chi connectivity index (χ0n) is 37.6. The second-order valence-corrected chi connectivity index (χ2v) is 20.5. The minimum absolute atomic E-state index is 0.0100. The van der Waals surface area contributed by atoms with Gasteiger partial charge in [-0.2, -0.15) is 0 Å². The maximum absolute atomic E-state index is 14.3. The summed E-state index contributed by atoms with van der Waals surface area (Å²) in [6.45, 7) is 9.13. The fourth-order valence-corrected chi connectivity index (χ4v) is 12.3. The number of H-pyrrole nitrogens is 1. The monoisotopic (exact) mass is 956 g/mol. The van der Waals surface area contributed by atoms with Crippen LogP contribution >= 0.6 is 31.9 Å². The molecule has 62 heavy (non-hydrogen) atoms. The van der Waals surface area contributed by atoms with Gasteiger partial charge in [-0.25, -0.2) is 4.99 Å². The number of rotatable bonds is 22. The highest BCUT2D eigenvalue weighted by Crippen LogP contribution is 2.57. The van der Waals surface area contributed by atoms with E-state index in [1.807, 2.05) is 0 Å². The van der Waals surface area contributed by atoms with Crippen molar-refractivity contribution in [1.82, 2.24) is 4.98 Å². The third-order valence-electron chi connectivity index (χ3n) is 14.7. The lowest BCUT2D eigenvalue weighted by Crippen LogP contribution is -2.26. The summed E-state index contributed by atoms with van der Waals surface area (Å²) in [7, 11) is 0. The first-order valence-electron chi connectivity index (χ1n) is 24.2. The molecule has 0 bridgehead atoms. The maximum atomic E-state index is 14.3. The highest BCUT2D eigenvalue weighted by atomic mass is 79.9. The molecule has 0 unspecified atom stereocenters. The second-order valence-electron chi connectivity index (χ2n) is 18.7. The number of carbonyl (C=O) groups excluding carboxylic acids is 1. The Hall–Kier alpha value is -3.74. The van der Waals surface area contributed by atoms with Gasteiger partial charge in [-0.3, -0.25) is 4.79 Å². The van der Waals surface area contributed by atoms with Crippen molar-refractivity contribution in [2.24, 2.45) is 4.99 Å². The molecule has 1 aliphatic heterocycles. The van der Waals surface area contributed by atoms with E-state index in [4.69, 9.17) is 4.99 Å². The average Bonchev–Trinajstić information content (AvgIpc) is 3.97. The van der Waals surface area contributed by atoms with Crippen LogP contribution in [0.25, 0.3) is 33.5 Å². The Morgan fingerprint density at radius 3 is 1.32 bits per heavy atom. The minimum atomic E-state index is -0.294. The molecule has 0 fully saturated rings. The predicted octanol–water partition coefficient (Wildman–Crippen LogP) is 17.3. The van der Waals surface area contributed by atoms with Crippen LogP contribution in [-0.2, 0) is 10.8 Å². The molecule has 326 valence electrons. The molecule has 0 spiro atoms. The van der Waals surface area contributed by atoms with Gasteiger partial charge in [-0.1, -0.05) is 199 Å². The van der Waals surface area contributed by atoms with Crippen molar-refractivity contribution in [1.29, 1.82) is 0 Å². The summed E-state index contributed by atoms with van der Waals surface area (Å²) in [6, 6.07) is 27.1. The number of unbranched alkanes of at least 4 members (excludes halogenated alkanes) is 12. The van der Waals surface area contributed by atoms with Crippen LogP contribution in [0.5, 0.6) is 5.88 Å². The number of amides is 1. The van der Waals surface area contributed by atoms with Gasteiger partial charge in [-0.15, -0.1) is 0 Å². The number of aromatic amines is 1. The summed E-state index contributed by atoms with van der Waals surface area (Å²) < 4.78 is 2.23. The normalized spacial score (nSPS) is 15.1. The molecular formula is C56H66Br2N2O2. The van der Waals surface area contributed by atoms with Crippen LogP contribution in [0.4, 0.5) is 0 Å². The van der Waals surface area contributed by atoms with E-state index < -0.39 is 0 Å². The van der Waals surface area contributed by atoms with Gasteiger partial charge in [0.1, 0.15) is 0 Å². The van der Waals surface area contributed by atoms with Crippen LogP contribution in [0, 0.1) is 0 Å². The van der Waals surface area contributed by atoms with Gasteiger partial charge in [0.25, 0.3) is 5.91 Å². The van der Waals surface area contributed by atoms with E-state index in [9.17, 15) is 9.90 Å². The molecule has 1 amide bonds. The van der Waals surface area contributed by atoms with E-state index >= 15 is 0 Å². The topological polar surface area (TPSA) is 65.5 Å². The third-order valence-corrected chi connectivity index (χ3v) is 15.7. The molecule has 4 nitrogen and oxygen atoms in total. The lowest BCUT2D eigenvalue weighted by molar-refractivity contribution is 0.101. The average molecular weight is 959 g/mol. The summed E-state index contributed by atoms with van der Waals surface area (Å²) in [4.78, 5) is 22.4. The molecule has 3 aliphatic rings. The Morgan fingerprint density at radius 1 is 0.500 bits per heavy atom. The van der Waals surface area contributed by atoms with Crippen LogP contribution in [0.2, 0.25) is 0 Å². The molecule has 0 atom stereocenters. The number of fused-ring (bicyclic) bond motifs is 7. The molecule has 1 aromatic heterocycles. The van der Waals surface area contributed by atoms with E-state index in [1.54, 1.807) is 0 Å². The standard InChI is InChI=1S/C56H66Br2N2O2/c1-5-9-13-17-29-55(30-18-14-10-6-2)45-33-37(21-25-41(45)43-27-23-39(57)35-47(43)55)51-49-50(54(62)59-51)52(60-53(49)61)38-22-26-42-44-28-24-40(58)36-48(44)56(46(42)34-38,31-19-15-11-7-3)32-20-16-12-8-4/h21-28,33-36,59,62H,5-20,29-32H2,1-4H3. The SMILES string of the molecule is CCCCCCC1(CCCCCC)c2cc(Br)ccc2-c2ccc(C3=NC(=O)c4c(-c5ccc6c(c5)C(CCCCCC)(CCCCCC)c5cc(Br)ccc5-6)[nH]c(O)c43)cc21. The number of aliphatic imine (C=N–C) groups is 1.